The number of hydrogen-bond donors (Lipinski definition) is 0. The molecule has 1 aromatic carbocycles. The fraction of sp³-hybridized carbons (Fsp3) is 0.542. The molecule has 1 aliphatic heterocycles. The minimum Gasteiger partial charge on any atom is -0.341 e. The SMILES string of the molecule is CCn1cc(CN(C)C(=O)[C@H]2CN(C(C)=O)C[C@@H]2c2ccc(CN(C)C)cc2)c(C)n1. The number of amides is 2. The van der Waals surface area contributed by atoms with Gasteiger partial charge in [-0.3, -0.25) is 14.3 Å². The Labute approximate surface area is 185 Å². The summed E-state index contributed by atoms with van der Waals surface area (Å²) >= 11 is 0. The molecule has 0 saturated carbocycles. The topological polar surface area (TPSA) is 61.7 Å². The molecule has 3 rings (SSSR count). The number of aromatic nitrogens is 2. The van der Waals surface area contributed by atoms with Gasteiger partial charge in [0, 0.05) is 64.4 Å². The first-order valence-corrected chi connectivity index (χ1v) is 11.0. The molecule has 0 aliphatic carbocycles. The van der Waals surface area contributed by atoms with E-state index in [-0.39, 0.29) is 23.7 Å². The highest BCUT2D eigenvalue weighted by atomic mass is 16.2. The Bertz CT molecular complexity index is 919. The molecule has 7 heteroatoms. The molecular formula is C24H35N5O2. The second kappa shape index (κ2) is 9.64. The van der Waals surface area contributed by atoms with Crippen LogP contribution in [0.4, 0.5) is 0 Å². The van der Waals surface area contributed by atoms with E-state index in [0.717, 1.165) is 29.9 Å². The lowest BCUT2D eigenvalue weighted by Crippen LogP contribution is -2.36. The average molecular weight is 426 g/mol. The number of nitrogens with zero attached hydrogens (tertiary/aromatic N) is 5. The van der Waals surface area contributed by atoms with Crippen molar-refractivity contribution in [3.63, 3.8) is 0 Å². The van der Waals surface area contributed by atoms with Gasteiger partial charge in [0.05, 0.1) is 11.6 Å². The Morgan fingerprint density at radius 3 is 2.32 bits per heavy atom. The van der Waals surface area contributed by atoms with Crippen molar-refractivity contribution >= 4 is 11.8 Å². The van der Waals surface area contributed by atoms with E-state index in [0.29, 0.717) is 19.6 Å². The van der Waals surface area contributed by atoms with E-state index < -0.39 is 0 Å². The van der Waals surface area contributed by atoms with Gasteiger partial charge in [0.25, 0.3) is 0 Å². The summed E-state index contributed by atoms with van der Waals surface area (Å²) in [7, 11) is 5.94. The lowest BCUT2D eigenvalue weighted by molar-refractivity contribution is -0.135. The quantitative estimate of drug-likeness (QED) is 0.684. The molecule has 1 saturated heterocycles. The molecule has 1 aromatic heterocycles. The third-order valence-corrected chi connectivity index (χ3v) is 6.14. The fourth-order valence-corrected chi connectivity index (χ4v) is 4.38. The predicted molar refractivity (Wildman–Crippen MR) is 121 cm³/mol. The zero-order valence-corrected chi connectivity index (χ0v) is 19.6. The molecule has 0 bridgehead atoms. The number of carbonyl (C=O) groups is 2. The van der Waals surface area contributed by atoms with Crippen molar-refractivity contribution in [2.75, 3.05) is 34.2 Å². The highest BCUT2D eigenvalue weighted by molar-refractivity contribution is 5.82. The molecule has 2 aromatic rings. The Balaban J connectivity index is 1.79. The normalized spacial score (nSPS) is 18.6. The van der Waals surface area contributed by atoms with Crippen LogP contribution in [-0.4, -0.2) is 70.5 Å². The Morgan fingerprint density at radius 1 is 1.10 bits per heavy atom. The highest BCUT2D eigenvalue weighted by Gasteiger charge is 2.40. The van der Waals surface area contributed by atoms with Gasteiger partial charge in [0.1, 0.15) is 0 Å². The van der Waals surface area contributed by atoms with E-state index in [2.05, 4.69) is 34.3 Å². The van der Waals surface area contributed by atoms with Crippen LogP contribution in [-0.2, 0) is 29.2 Å². The van der Waals surface area contributed by atoms with Gasteiger partial charge in [-0.05, 0) is 39.1 Å². The summed E-state index contributed by atoms with van der Waals surface area (Å²) in [6.07, 6.45) is 2.01. The molecule has 0 radical (unpaired) electrons. The van der Waals surface area contributed by atoms with Gasteiger partial charge in [0.15, 0.2) is 0 Å². The molecule has 0 N–H and O–H groups in total. The summed E-state index contributed by atoms with van der Waals surface area (Å²) in [6, 6.07) is 8.48. The van der Waals surface area contributed by atoms with Crippen molar-refractivity contribution < 1.29 is 9.59 Å². The van der Waals surface area contributed by atoms with Crippen LogP contribution in [0.25, 0.3) is 0 Å². The van der Waals surface area contributed by atoms with Gasteiger partial charge in [-0.1, -0.05) is 24.3 Å². The Hall–Kier alpha value is -2.67. The number of likely N-dealkylation sites (tertiary alicyclic amines) is 1. The van der Waals surface area contributed by atoms with E-state index in [1.165, 1.54) is 5.56 Å². The van der Waals surface area contributed by atoms with Crippen molar-refractivity contribution in [1.29, 1.82) is 0 Å². The number of carbonyl (C=O) groups excluding carboxylic acids is 2. The standard InChI is InChI=1S/C24H35N5O2/c1-7-29-14-21(17(2)25-29)13-27(6)24(31)23-16-28(18(3)30)15-22(23)20-10-8-19(9-11-20)12-26(4)5/h8-11,14,22-23H,7,12-13,15-16H2,1-6H3/t22-,23+/m1/s1. The van der Waals surface area contributed by atoms with Crippen molar-refractivity contribution in [2.45, 2.75) is 46.3 Å². The molecule has 0 spiro atoms. The zero-order chi connectivity index (χ0) is 22.7. The summed E-state index contributed by atoms with van der Waals surface area (Å²) in [6.45, 7) is 8.86. The monoisotopic (exact) mass is 425 g/mol. The molecule has 1 fully saturated rings. The van der Waals surface area contributed by atoms with Crippen LogP contribution in [0.2, 0.25) is 0 Å². The number of rotatable bonds is 7. The van der Waals surface area contributed by atoms with Crippen molar-refractivity contribution in [3.05, 3.63) is 52.8 Å². The van der Waals surface area contributed by atoms with Crippen molar-refractivity contribution in [1.82, 2.24) is 24.5 Å². The van der Waals surface area contributed by atoms with Crippen LogP contribution in [0.1, 0.15) is 42.1 Å². The van der Waals surface area contributed by atoms with Gasteiger partial charge in [-0.2, -0.15) is 5.10 Å². The van der Waals surface area contributed by atoms with Gasteiger partial charge in [0.2, 0.25) is 11.8 Å². The summed E-state index contributed by atoms with van der Waals surface area (Å²) in [5, 5.41) is 4.49. The van der Waals surface area contributed by atoms with Crippen LogP contribution in [0, 0.1) is 12.8 Å². The van der Waals surface area contributed by atoms with Gasteiger partial charge < -0.3 is 14.7 Å². The largest absolute Gasteiger partial charge is 0.341 e. The Morgan fingerprint density at radius 2 is 1.77 bits per heavy atom. The van der Waals surface area contributed by atoms with Gasteiger partial charge in [-0.15, -0.1) is 0 Å². The fourth-order valence-electron chi connectivity index (χ4n) is 4.38. The molecule has 168 valence electrons. The van der Waals surface area contributed by atoms with E-state index in [1.807, 2.05) is 45.9 Å². The average Bonchev–Trinajstić information content (AvgIpc) is 3.32. The van der Waals surface area contributed by atoms with Crippen LogP contribution in [0.3, 0.4) is 0 Å². The van der Waals surface area contributed by atoms with E-state index in [1.54, 1.807) is 16.7 Å². The molecule has 31 heavy (non-hydrogen) atoms. The molecular weight excluding hydrogens is 390 g/mol. The molecule has 2 heterocycles. The minimum atomic E-state index is -0.241. The summed E-state index contributed by atoms with van der Waals surface area (Å²) in [4.78, 5) is 31.3. The maximum atomic E-state index is 13.5. The molecule has 7 nitrogen and oxygen atoms in total. The lowest BCUT2D eigenvalue weighted by atomic mass is 9.87. The number of benzene rings is 1. The van der Waals surface area contributed by atoms with Crippen LogP contribution < -0.4 is 0 Å². The van der Waals surface area contributed by atoms with Crippen LogP contribution >= 0.6 is 0 Å². The molecule has 2 atom stereocenters. The predicted octanol–water partition coefficient (Wildman–Crippen LogP) is 2.49. The Kier molecular flexibility index (Phi) is 7.15. The van der Waals surface area contributed by atoms with Crippen molar-refractivity contribution in [3.8, 4) is 0 Å². The maximum Gasteiger partial charge on any atom is 0.228 e. The minimum absolute atomic E-state index is 0.00622. The second-order valence-corrected chi connectivity index (χ2v) is 8.91. The molecule has 1 aliphatic rings. The van der Waals surface area contributed by atoms with Gasteiger partial charge >= 0.3 is 0 Å². The van der Waals surface area contributed by atoms with E-state index in [4.69, 9.17) is 0 Å². The zero-order valence-electron chi connectivity index (χ0n) is 19.6. The summed E-state index contributed by atoms with van der Waals surface area (Å²) in [5.74, 6) is -0.135. The van der Waals surface area contributed by atoms with E-state index in [9.17, 15) is 9.59 Å². The first kappa shape index (κ1) is 23.0. The first-order chi connectivity index (χ1) is 14.7. The van der Waals surface area contributed by atoms with Crippen LogP contribution in [0.5, 0.6) is 0 Å². The second-order valence-electron chi connectivity index (χ2n) is 8.91. The number of hydrogen-bond acceptors (Lipinski definition) is 4. The van der Waals surface area contributed by atoms with Gasteiger partial charge in [-0.25, -0.2) is 0 Å². The maximum absolute atomic E-state index is 13.5. The lowest BCUT2D eigenvalue weighted by Gasteiger charge is -2.24. The molecule has 2 amide bonds. The third kappa shape index (κ3) is 5.34. The number of aryl methyl sites for hydroxylation is 2. The molecule has 0 unspecified atom stereocenters. The van der Waals surface area contributed by atoms with E-state index >= 15 is 0 Å². The third-order valence-electron chi connectivity index (χ3n) is 6.14. The summed E-state index contributed by atoms with van der Waals surface area (Å²) in [5.41, 5.74) is 4.36. The smallest absolute Gasteiger partial charge is 0.228 e. The highest BCUT2D eigenvalue weighted by Crippen LogP contribution is 2.34. The summed E-state index contributed by atoms with van der Waals surface area (Å²) < 4.78 is 1.90. The van der Waals surface area contributed by atoms with Crippen molar-refractivity contribution in [2.24, 2.45) is 5.92 Å². The van der Waals surface area contributed by atoms with Crippen LogP contribution in [0.15, 0.2) is 30.5 Å². The first-order valence-electron chi connectivity index (χ1n) is 11.0.